The van der Waals surface area contributed by atoms with E-state index in [2.05, 4.69) is 31.5 Å². The number of aliphatic imine (C=N–C) groups is 1. The van der Waals surface area contributed by atoms with Crippen molar-refractivity contribution < 1.29 is 27.8 Å². The Morgan fingerprint density at radius 2 is 1.83 bits per heavy atom. The second-order valence-corrected chi connectivity index (χ2v) is 11.4. The zero-order valence-corrected chi connectivity index (χ0v) is 23.5. The van der Waals surface area contributed by atoms with Gasteiger partial charge in [-0.1, -0.05) is 59.9 Å². The number of aliphatic hydroxyl groups is 1. The molecule has 0 radical (unpaired) electrons. The molecule has 3 aromatic rings. The highest BCUT2D eigenvalue weighted by Crippen LogP contribution is 2.39. The molecule has 5 rings (SSSR count). The maximum Gasteiger partial charge on any atom is 0.443 e. The number of nitrogens with one attached hydrogen (secondary N) is 4. The fraction of sp³-hybridized carbons (Fsp3) is 0.370. The lowest BCUT2D eigenvalue weighted by Crippen LogP contribution is -2.59. The van der Waals surface area contributed by atoms with Crippen LogP contribution in [-0.2, 0) is 15.7 Å². The van der Waals surface area contributed by atoms with E-state index in [0.29, 0.717) is 22.7 Å². The number of aliphatic hydroxyl groups excluding tert-OH is 1. The van der Waals surface area contributed by atoms with Crippen LogP contribution in [0.1, 0.15) is 42.6 Å². The van der Waals surface area contributed by atoms with Gasteiger partial charge in [-0.3, -0.25) is 10.4 Å². The van der Waals surface area contributed by atoms with Gasteiger partial charge in [0.25, 0.3) is 11.7 Å². The number of hydrogen-bond donors (Lipinski definition) is 5. The summed E-state index contributed by atoms with van der Waals surface area (Å²) in [4.78, 5) is 8.64. The minimum absolute atomic E-state index is 0.107. The normalized spacial score (nSPS) is 22.4. The number of thiazole rings is 1. The first-order chi connectivity index (χ1) is 19.4. The van der Waals surface area contributed by atoms with Crippen LogP contribution in [0.3, 0.4) is 0 Å². The molecule has 10 nitrogen and oxygen atoms in total. The van der Waals surface area contributed by atoms with E-state index in [-0.39, 0.29) is 23.2 Å². The number of benzodiazepines with no additional fused rings is 1. The monoisotopic (exact) mass is 589 g/mol. The summed E-state index contributed by atoms with van der Waals surface area (Å²) in [5.74, 6) is -1.61. The van der Waals surface area contributed by atoms with Gasteiger partial charge < -0.3 is 25.2 Å². The average molecular weight is 590 g/mol. The first kappa shape index (κ1) is 28.8. The molecule has 0 aliphatic carbocycles. The fourth-order valence-electron chi connectivity index (χ4n) is 4.49. The predicted molar refractivity (Wildman–Crippen MR) is 151 cm³/mol. The van der Waals surface area contributed by atoms with Crippen LogP contribution < -0.4 is 21.4 Å². The summed E-state index contributed by atoms with van der Waals surface area (Å²) in [6.07, 6.45) is -6.80. The van der Waals surface area contributed by atoms with Crippen LogP contribution in [0.2, 0.25) is 0 Å². The summed E-state index contributed by atoms with van der Waals surface area (Å²) < 4.78 is 52.1. The summed E-state index contributed by atoms with van der Waals surface area (Å²) in [6.45, 7) is 5.39. The number of fused-ring (bicyclic) bond motifs is 1. The summed E-state index contributed by atoms with van der Waals surface area (Å²) in [5.41, 5.74) is 4.92. The molecule has 2 unspecified atom stereocenters. The van der Waals surface area contributed by atoms with Crippen molar-refractivity contribution >= 4 is 33.6 Å². The standard InChI is InChI=1S/C27H30F3N7O3S/c1-25(2,14-39-4)35-23-19(33-24(41-23)27(28,29)30)22-36-37-26(3,40-22)34-20-21(38)31-17-13-9-8-12-16(17)18(32-20)15-10-6-5-7-11-15/h5-13,20-21,31,34-35,37-38H,14H2,1-4H3/t20-,21?,26?/m1/s1. The number of hydrazone groups is 1. The zero-order chi connectivity index (χ0) is 29.4. The van der Waals surface area contributed by atoms with Gasteiger partial charge in [-0.15, -0.1) is 5.10 Å². The number of methoxy groups -OCH3 is 1. The zero-order valence-electron chi connectivity index (χ0n) is 22.7. The molecular formula is C27H30F3N7O3S. The van der Waals surface area contributed by atoms with Crippen molar-refractivity contribution in [1.29, 1.82) is 0 Å². The SMILES string of the molecule is COCC(C)(C)Nc1sc(C(F)(F)F)nc1C1=NNC(C)(N[C@H]2N=C(c3ccccc3)c3ccccc3NC2O)O1. The van der Waals surface area contributed by atoms with Gasteiger partial charge in [0.05, 0.1) is 17.9 Å². The highest BCUT2D eigenvalue weighted by molar-refractivity contribution is 7.16. The van der Waals surface area contributed by atoms with Gasteiger partial charge in [-0.05, 0) is 19.9 Å². The number of hydrogen-bond acceptors (Lipinski definition) is 11. The highest BCUT2D eigenvalue weighted by Gasteiger charge is 2.43. The van der Waals surface area contributed by atoms with Crippen LogP contribution in [0, 0.1) is 0 Å². The first-order valence-electron chi connectivity index (χ1n) is 12.7. The Kier molecular flexibility index (Phi) is 7.68. The third kappa shape index (κ3) is 6.30. The van der Waals surface area contributed by atoms with Crippen LogP contribution >= 0.6 is 11.3 Å². The van der Waals surface area contributed by atoms with Gasteiger partial charge in [0.1, 0.15) is 11.2 Å². The van der Waals surface area contributed by atoms with Crippen molar-refractivity contribution in [2.45, 2.75) is 50.7 Å². The molecule has 218 valence electrons. The number of ether oxygens (including phenoxy) is 2. The van der Waals surface area contributed by atoms with E-state index in [1.807, 2.05) is 54.6 Å². The molecule has 0 amide bonds. The first-order valence-corrected chi connectivity index (χ1v) is 13.5. The Morgan fingerprint density at radius 1 is 1.12 bits per heavy atom. The molecule has 5 N–H and O–H groups in total. The summed E-state index contributed by atoms with van der Waals surface area (Å²) in [7, 11) is 1.50. The van der Waals surface area contributed by atoms with E-state index < -0.39 is 35.0 Å². The largest absolute Gasteiger partial charge is 0.443 e. The van der Waals surface area contributed by atoms with Gasteiger partial charge in [-0.2, -0.15) is 13.2 Å². The van der Waals surface area contributed by atoms with E-state index in [4.69, 9.17) is 14.5 Å². The van der Waals surface area contributed by atoms with Crippen molar-refractivity contribution in [3.05, 3.63) is 76.4 Å². The number of nitrogens with zero attached hydrogens (tertiary/aromatic N) is 3. The lowest BCUT2D eigenvalue weighted by atomic mass is 10.0. The van der Waals surface area contributed by atoms with Gasteiger partial charge in [0, 0.05) is 30.8 Å². The molecule has 0 saturated carbocycles. The maximum atomic E-state index is 13.6. The number of aromatic nitrogens is 1. The smallest absolute Gasteiger partial charge is 0.433 e. The van der Waals surface area contributed by atoms with Gasteiger partial charge >= 0.3 is 6.18 Å². The molecule has 2 aliphatic heterocycles. The third-order valence-corrected chi connectivity index (χ3v) is 7.24. The molecule has 1 aromatic heterocycles. The van der Waals surface area contributed by atoms with Crippen molar-refractivity contribution in [3.63, 3.8) is 0 Å². The van der Waals surface area contributed by atoms with Crippen LogP contribution in [0.25, 0.3) is 0 Å². The van der Waals surface area contributed by atoms with Gasteiger partial charge in [0.2, 0.25) is 5.01 Å². The highest BCUT2D eigenvalue weighted by atomic mass is 32.1. The van der Waals surface area contributed by atoms with Crippen molar-refractivity contribution in [2.75, 3.05) is 24.4 Å². The van der Waals surface area contributed by atoms with E-state index >= 15 is 0 Å². The van der Waals surface area contributed by atoms with E-state index in [9.17, 15) is 18.3 Å². The summed E-state index contributed by atoms with van der Waals surface area (Å²) in [5, 5.41) is 23.6. The second-order valence-electron chi connectivity index (χ2n) is 10.4. The van der Waals surface area contributed by atoms with Gasteiger partial charge in [0.15, 0.2) is 11.9 Å². The minimum atomic E-state index is -4.66. The maximum absolute atomic E-state index is 13.6. The molecule has 0 saturated heterocycles. The van der Waals surface area contributed by atoms with Gasteiger partial charge in [-0.25, -0.2) is 10.3 Å². The lowest BCUT2D eigenvalue weighted by molar-refractivity contribution is -0.137. The molecule has 2 aromatic carbocycles. The number of halogens is 3. The molecule has 3 atom stereocenters. The number of anilines is 2. The number of rotatable bonds is 8. The lowest BCUT2D eigenvalue weighted by Gasteiger charge is -2.31. The Morgan fingerprint density at radius 3 is 2.54 bits per heavy atom. The van der Waals surface area contributed by atoms with Crippen molar-refractivity contribution in [3.8, 4) is 0 Å². The molecule has 0 fully saturated rings. The molecule has 2 aliphatic rings. The molecule has 3 heterocycles. The van der Waals surface area contributed by atoms with Crippen LogP contribution in [0.4, 0.5) is 23.9 Å². The Bertz CT molecular complexity index is 1460. The molecular weight excluding hydrogens is 559 g/mol. The molecule has 0 bridgehead atoms. The van der Waals surface area contributed by atoms with Crippen LogP contribution in [-0.4, -0.2) is 59.2 Å². The fourth-order valence-corrected chi connectivity index (χ4v) is 5.49. The Balaban J connectivity index is 1.43. The predicted octanol–water partition coefficient (Wildman–Crippen LogP) is 4.15. The number of alkyl halides is 3. The number of para-hydroxylation sites is 1. The summed E-state index contributed by atoms with van der Waals surface area (Å²) >= 11 is 0.452. The van der Waals surface area contributed by atoms with E-state index in [1.165, 1.54) is 7.11 Å². The quantitative estimate of drug-likeness (QED) is 0.266. The topological polar surface area (TPSA) is 124 Å². The van der Waals surface area contributed by atoms with E-state index in [0.717, 1.165) is 11.1 Å². The Hall–Kier alpha value is -3.72. The Labute approximate surface area is 238 Å². The molecule has 41 heavy (non-hydrogen) atoms. The van der Waals surface area contributed by atoms with E-state index in [1.54, 1.807) is 20.8 Å². The average Bonchev–Trinajstić information content (AvgIpc) is 3.47. The number of benzene rings is 2. The second kappa shape index (κ2) is 10.9. The van der Waals surface area contributed by atoms with Crippen molar-refractivity contribution in [2.24, 2.45) is 10.1 Å². The third-order valence-electron chi connectivity index (χ3n) is 6.22. The molecule has 0 spiro atoms. The minimum Gasteiger partial charge on any atom is -0.433 e. The van der Waals surface area contributed by atoms with Crippen molar-refractivity contribution in [1.82, 2.24) is 15.7 Å². The molecule has 14 heteroatoms. The van der Waals surface area contributed by atoms with Crippen LogP contribution in [0.5, 0.6) is 0 Å². The van der Waals surface area contributed by atoms with Crippen LogP contribution in [0.15, 0.2) is 64.7 Å². The summed E-state index contributed by atoms with van der Waals surface area (Å²) in [6, 6.07) is 17.0.